The van der Waals surface area contributed by atoms with Crippen molar-refractivity contribution in [2.45, 2.75) is 39.2 Å². The summed E-state index contributed by atoms with van der Waals surface area (Å²) in [5.41, 5.74) is 1.24. The highest BCUT2D eigenvalue weighted by Gasteiger charge is 2.27. The molecule has 0 N–H and O–H groups in total. The Bertz CT molecular complexity index is 649. The molecular formula is C16H21N5O. The van der Waals surface area contributed by atoms with Gasteiger partial charge in [-0.3, -0.25) is 9.78 Å². The number of amides is 1. The zero-order valence-corrected chi connectivity index (χ0v) is 13.1. The number of hydrogen-bond donors (Lipinski definition) is 0. The molecule has 1 atom stereocenters. The van der Waals surface area contributed by atoms with Crippen molar-refractivity contribution in [1.82, 2.24) is 24.4 Å². The average Bonchev–Trinajstić information content (AvgIpc) is 3.04. The number of aromatic nitrogens is 4. The topological polar surface area (TPSA) is 63.9 Å². The van der Waals surface area contributed by atoms with Gasteiger partial charge >= 0.3 is 0 Å². The molecule has 6 heteroatoms. The van der Waals surface area contributed by atoms with Crippen molar-refractivity contribution >= 4 is 5.91 Å². The number of hydrogen-bond acceptors (Lipinski definition) is 4. The van der Waals surface area contributed by atoms with E-state index in [-0.39, 0.29) is 5.91 Å². The predicted octanol–water partition coefficient (Wildman–Crippen LogP) is 2.02. The molecule has 0 unspecified atom stereocenters. The highest BCUT2D eigenvalue weighted by molar-refractivity contribution is 5.92. The van der Waals surface area contributed by atoms with E-state index in [4.69, 9.17) is 0 Å². The van der Waals surface area contributed by atoms with Gasteiger partial charge in [0.05, 0.1) is 17.9 Å². The highest BCUT2D eigenvalue weighted by Crippen LogP contribution is 2.23. The molecule has 2 aromatic rings. The number of carbonyl (C=O) groups excluding carboxylic acids is 1. The van der Waals surface area contributed by atoms with Crippen LogP contribution < -0.4 is 0 Å². The number of imidazole rings is 1. The molecule has 3 rings (SSSR count). The molecule has 1 amide bonds. The first-order valence-corrected chi connectivity index (χ1v) is 7.78. The van der Waals surface area contributed by atoms with Gasteiger partial charge < -0.3 is 9.47 Å². The molecule has 0 saturated carbocycles. The summed E-state index contributed by atoms with van der Waals surface area (Å²) in [7, 11) is 0. The molecule has 1 fully saturated rings. The summed E-state index contributed by atoms with van der Waals surface area (Å²) < 4.78 is 2.21. The molecule has 2 aromatic heterocycles. The molecule has 0 bridgehead atoms. The van der Waals surface area contributed by atoms with Gasteiger partial charge in [0.1, 0.15) is 11.5 Å². The largest absolute Gasteiger partial charge is 0.335 e. The lowest BCUT2D eigenvalue weighted by atomic mass is 10.0. The molecule has 6 nitrogen and oxygen atoms in total. The molecule has 3 heterocycles. The lowest BCUT2D eigenvalue weighted by Gasteiger charge is -2.33. The van der Waals surface area contributed by atoms with Crippen LogP contribution in [-0.2, 0) is 6.42 Å². The Morgan fingerprint density at radius 1 is 1.32 bits per heavy atom. The summed E-state index contributed by atoms with van der Waals surface area (Å²) in [6, 6.07) is 0.300. The second kappa shape index (κ2) is 6.25. The first kappa shape index (κ1) is 14.7. The van der Waals surface area contributed by atoms with Crippen LogP contribution in [-0.4, -0.2) is 43.4 Å². The van der Waals surface area contributed by atoms with Gasteiger partial charge in [0.25, 0.3) is 5.91 Å². The molecular weight excluding hydrogens is 278 g/mol. The minimum absolute atomic E-state index is 0.0321. The van der Waals surface area contributed by atoms with Crippen LogP contribution in [0.25, 0.3) is 0 Å². The number of likely N-dealkylation sites (tertiary alicyclic amines) is 1. The standard InChI is InChI=1S/C16H21N5O/c1-3-15-17-6-8-21(15)13-5-4-7-20(11-13)16(22)14-10-18-12(2)9-19-14/h6,8-10,13H,3-5,7,11H2,1-2H3/t13-/m0/s1. The summed E-state index contributed by atoms with van der Waals surface area (Å²) >= 11 is 0. The van der Waals surface area contributed by atoms with Crippen LogP contribution in [0.3, 0.4) is 0 Å². The van der Waals surface area contributed by atoms with Crippen LogP contribution >= 0.6 is 0 Å². The van der Waals surface area contributed by atoms with E-state index in [0.29, 0.717) is 18.3 Å². The van der Waals surface area contributed by atoms with Gasteiger partial charge in [-0.1, -0.05) is 6.92 Å². The van der Waals surface area contributed by atoms with Crippen molar-refractivity contribution in [1.29, 1.82) is 0 Å². The number of piperidine rings is 1. The fraction of sp³-hybridized carbons (Fsp3) is 0.500. The van der Waals surface area contributed by atoms with Gasteiger partial charge in [0.2, 0.25) is 0 Å². The first-order valence-electron chi connectivity index (χ1n) is 7.78. The number of carbonyl (C=O) groups is 1. The summed E-state index contributed by atoms with van der Waals surface area (Å²) in [5, 5.41) is 0. The predicted molar refractivity (Wildman–Crippen MR) is 82.5 cm³/mol. The van der Waals surface area contributed by atoms with Crippen LogP contribution in [0.1, 0.15) is 47.8 Å². The summed E-state index contributed by atoms with van der Waals surface area (Å²) in [6.07, 6.45) is 10.0. The van der Waals surface area contributed by atoms with Crippen molar-refractivity contribution < 1.29 is 4.79 Å². The van der Waals surface area contributed by atoms with Crippen molar-refractivity contribution in [2.75, 3.05) is 13.1 Å². The summed E-state index contributed by atoms with van der Waals surface area (Å²) in [4.78, 5) is 27.2. The molecule has 116 valence electrons. The Labute approximate surface area is 130 Å². The lowest BCUT2D eigenvalue weighted by molar-refractivity contribution is 0.0671. The Kier molecular flexibility index (Phi) is 4.18. The Hall–Kier alpha value is -2.24. The number of aryl methyl sites for hydroxylation is 2. The third-order valence-corrected chi connectivity index (χ3v) is 4.14. The van der Waals surface area contributed by atoms with Gasteiger partial charge in [-0.05, 0) is 19.8 Å². The normalized spacial score (nSPS) is 18.5. The first-order chi connectivity index (χ1) is 10.7. The molecule has 1 aliphatic rings. The van der Waals surface area contributed by atoms with Crippen molar-refractivity contribution in [3.8, 4) is 0 Å². The molecule has 0 radical (unpaired) electrons. The maximum atomic E-state index is 12.6. The second-order valence-corrected chi connectivity index (χ2v) is 5.69. The van der Waals surface area contributed by atoms with E-state index in [1.165, 1.54) is 0 Å². The van der Waals surface area contributed by atoms with Gasteiger partial charge in [0.15, 0.2) is 0 Å². The van der Waals surface area contributed by atoms with E-state index >= 15 is 0 Å². The second-order valence-electron chi connectivity index (χ2n) is 5.69. The summed E-state index contributed by atoms with van der Waals surface area (Å²) in [6.45, 7) is 5.45. The zero-order chi connectivity index (χ0) is 15.5. The Morgan fingerprint density at radius 3 is 2.91 bits per heavy atom. The third-order valence-electron chi connectivity index (χ3n) is 4.14. The monoisotopic (exact) mass is 299 g/mol. The Morgan fingerprint density at radius 2 is 2.18 bits per heavy atom. The SMILES string of the molecule is CCc1nccn1[C@H]1CCCN(C(=O)c2cnc(C)cn2)C1. The number of nitrogens with zero attached hydrogens (tertiary/aromatic N) is 5. The third kappa shape index (κ3) is 2.86. The van der Waals surface area contributed by atoms with Crippen molar-refractivity contribution in [3.63, 3.8) is 0 Å². The van der Waals surface area contributed by atoms with Crippen LogP contribution in [0.2, 0.25) is 0 Å². The smallest absolute Gasteiger partial charge is 0.274 e. The number of rotatable bonds is 3. The van der Waals surface area contributed by atoms with Gasteiger partial charge in [-0.15, -0.1) is 0 Å². The van der Waals surface area contributed by atoms with Gasteiger partial charge in [-0.2, -0.15) is 0 Å². The van der Waals surface area contributed by atoms with Crippen LogP contribution in [0, 0.1) is 6.92 Å². The van der Waals surface area contributed by atoms with E-state index < -0.39 is 0 Å². The minimum atomic E-state index is -0.0321. The van der Waals surface area contributed by atoms with E-state index in [1.807, 2.05) is 24.2 Å². The van der Waals surface area contributed by atoms with Crippen LogP contribution in [0.5, 0.6) is 0 Å². The summed E-state index contributed by atoms with van der Waals surface area (Å²) in [5.74, 6) is 1.05. The van der Waals surface area contributed by atoms with Crippen molar-refractivity contribution in [3.05, 3.63) is 42.0 Å². The quantitative estimate of drug-likeness (QED) is 0.870. The fourth-order valence-corrected chi connectivity index (χ4v) is 2.98. The van der Waals surface area contributed by atoms with Gasteiger partial charge in [0, 0.05) is 38.1 Å². The maximum absolute atomic E-state index is 12.6. The molecule has 0 aliphatic carbocycles. The van der Waals surface area contributed by atoms with Crippen molar-refractivity contribution in [2.24, 2.45) is 0 Å². The zero-order valence-electron chi connectivity index (χ0n) is 13.1. The molecule has 1 saturated heterocycles. The highest BCUT2D eigenvalue weighted by atomic mass is 16.2. The lowest BCUT2D eigenvalue weighted by Crippen LogP contribution is -2.41. The molecule has 1 aliphatic heterocycles. The average molecular weight is 299 g/mol. The fourth-order valence-electron chi connectivity index (χ4n) is 2.98. The molecule has 22 heavy (non-hydrogen) atoms. The van der Waals surface area contributed by atoms with E-state index in [2.05, 4.69) is 26.4 Å². The van der Waals surface area contributed by atoms with E-state index in [1.54, 1.807) is 12.4 Å². The van der Waals surface area contributed by atoms with Crippen LogP contribution in [0.4, 0.5) is 0 Å². The van der Waals surface area contributed by atoms with E-state index in [9.17, 15) is 4.79 Å². The maximum Gasteiger partial charge on any atom is 0.274 e. The molecule has 0 spiro atoms. The molecule has 0 aromatic carbocycles. The Balaban J connectivity index is 1.75. The minimum Gasteiger partial charge on any atom is -0.335 e. The van der Waals surface area contributed by atoms with Crippen LogP contribution in [0.15, 0.2) is 24.8 Å². The van der Waals surface area contributed by atoms with E-state index in [0.717, 1.165) is 37.3 Å². The van der Waals surface area contributed by atoms with Gasteiger partial charge in [-0.25, -0.2) is 9.97 Å².